The number of carboxylic acids is 1. The minimum Gasteiger partial charge on any atom is -0.481 e. The molecule has 4 atom stereocenters. The molecule has 42 heavy (non-hydrogen) atoms. The van der Waals surface area contributed by atoms with E-state index >= 15 is 0 Å². The Labute approximate surface area is 255 Å². The molecular formula is C30H36Cl2F2N2O5S. The highest BCUT2D eigenvalue weighted by atomic mass is 35.5. The van der Waals surface area contributed by atoms with E-state index in [1.165, 1.54) is 13.8 Å². The molecule has 0 bridgehead atoms. The van der Waals surface area contributed by atoms with E-state index in [0.29, 0.717) is 10.0 Å². The number of piperidine rings is 1. The molecule has 0 spiro atoms. The van der Waals surface area contributed by atoms with Gasteiger partial charge in [-0.2, -0.15) is 0 Å². The average Bonchev–Trinajstić information content (AvgIpc) is 3.71. The summed E-state index contributed by atoms with van der Waals surface area (Å²) in [6, 6.07) is 13.0. The molecular weight excluding hydrogens is 609 g/mol. The zero-order chi connectivity index (χ0) is 31.0. The van der Waals surface area contributed by atoms with Crippen LogP contribution in [0.25, 0.3) is 0 Å². The molecule has 0 radical (unpaired) electrons. The monoisotopic (exact) mass is 644 g/mol. The Bertz CT molecular complexity index is 1420. The molecule has 2 aliphatic rings. The van der Waals surface area contributed by atoms with Crippen LogP contribution in [0.1, 0.15) is 76.0 Å². The first-order chi connectivity index (χ1) is 19.5. The number of aliphatic carboxylic acids is 1. The first-order valence-corrected chi connectivity index (χ1v) is 16.1. The van der Waals surface area contributed by atoms with E-state index in [9.17, 15) is 31.9 Å². The van der Waals surface area contributed by atoms with Crippen molar-refractivity contribution in [2.45, 2.75) is 82.0 Å². The summed E-state index contributed by atoms with van der Waals surface area (Å²) in [5.74, 6) is -1.97. The van der Waals surface area contributed by atoms with Gasteiger partial charge in [0.15, 0.2) is 0 Å². The van der Waals surface area contributed by atoms with Crippen molar-refractivity contribution in [3.8, 4) is 0 Å². The molecule has 230 valence electrons. The molecule has 0 unspecified atom stereocenters. The van der Waals surface area contributed by atoms with Gasteiger partial charge in [0.1, 0.15) is 0 Å². The molecule has 0 aromatic heterocycles. The highest BCUT2D eigenvalue weighted by molar-refractivity contribution is 7.90. The lowest BCUT2D eigenvalue weighted by Gasteiger charge is -2.52. The second-order valence-corrected chi connectivity index (χ2v) is 15.6. The van der Waals surface area contributed by atoms with Crippen LogP contribution in [0.3, 0.4) is 0 Å². The van der Waals surface area contributed by atoms with Crippen LogP contribution in [0.4, 0.5) is 8.78 Å². The second-order valence-electron chi connectivity index (χ2n) is 12.3. The number of halogens is 4. The molecule has 1 amide bonds. The Hall–Kier alpha value is -2.27. The third-order valence-corrected chi connectivity index (χ3v) is 11.2. The fourth-order valence-electron chi connectivity index (χ4n) is 6.09. The van der Waals surface area contributed by atoms with E-state index in [2.05, 4.69) is 4.72 Å². The number of carbonyl (C=O) groups excluding carboxylic acids is 1. The molecule has 1 heterocycles. The van der Waals surface area contributed by atoms with Crippen LogP contribution in [-0.4, -0.2) is 54.1 Å². The normalized spacial score (nSPS) is 24.2. The molecule has 2 N–H and O–H groups in total. The van der Waals surface area contributed by atoms with Gasteiger partial charge in [0.2, 0.25) is 22.4 Å². The van der Waals surface area contributed by atoms with Crippen molar-refractivity contribution >= 4 is 45.1 Å². The smallest absolute Gasteiger partial charge is 0.304 e. The maximum Gasteiger partial charge on any atom is 0.304 e. The molecule has 2 fully saturated rings. The summed E-state index contributed by atoms with van der Waals surface area (Å²) in [5.41, 5.74) is 0.259. The van der Waals surface area contributed by atoms with Crippen LogP contribution in [0.2, 0.25) is 10.0 Å². The largest absolute Gasteiger partial charge is 0.481 e. The van der Waals surface area contributed by atoms with Crippen molar-refractivity contribution in [2.75, 3.05) is 6.54 Å². The third kappa shape index (κ3) is 7.09. The van der Waals surface area contributed by atoms with E-state index in [1.54, 1.807) is 42.2 Å². The number of hydrogen-bond acceptors (Lipinski definition) is 4. The van der Waals surface area contributed by atoms with E-state index < -0.39 is 63.4 Å². The van der Waals surface area contributed by atoms with Gasteiger partial charge < -0.3 is 10.0 Å². The number of sulfonamides is 1. The van der Waals surface area contributed by atoms with Crippen LogP contribution in [0.15, 0.2) is 48.5 Å². The van der Waals surface area contributed by atoms with Crippen LogP contribution in [0, 0.1) is 11.3 Å². The SMILES string of the molecule is CC(C)(CC(F)F)S(=O)(=O)NC[C@H](C1CC1)N1C(=O)[C@@](C)(CC(=O)O)C[C@H](c2cccc(Cl)c2)[C@H]1c1ccc(Cl)cc1. The van der Waals surface area contributed by atoms with Crippen molar-refractivity contribution in [3.05, 3.63) is 69.7 Å². The Morgan fingerprint density at radius 2 is 1.76 bits per heavy atom. The minimum absolute atomic E-state index is 0.0585. The van der Waals surface area contributed by atoms with Crippen molar-refractivity contribution < 1.29 is 31.9 Å². The molecule has 7 nitrogen and oxygen atoms in total. The van der Waals surface area contributed by atoms with Gasteiger partial charge in [-0.1, -0.05) is 54.4 Å². The van der Waals surface area contributed by atoms with Gasteiger partial charge in [0.05, 0.1) is 22.6 Å². The van der Waals surface area contributed by atoms with Gasteiger partial charge in [0, 0.05) is 35.0 Å². The van der Waals surface area contributed by atoms with Crippen molar-refractivity contribution in [3.63, 3.8) is 0 Å². The van der Waals surface area contributed by atoms with Gasteiger partial charge in [-0.3, -0.25) is 9.59 Å². The highest BCUT2D eigenvalue weighted by Gasteiger charge is 2.54. The fraction of sp³-hybridized carbons (Fsp3) is 0.533. The maximum absolute atomic E-state index is 14.5. The van der Waals surface area contributed by atoms with E-state index in [1.807, 2.05) is 18.2 Å². The molecule has 2 aromatic carbocycles. The number of nitrogens with zero attached hydrogens (tertiary/aromatic N) is 1. The minimum atomic E-state index is -4.22. The molecule has 1 saturated heterocycles. The summed E-state index contributed by atoms with van der Waals surface area (Å²) < 4.78 is 53.7. The van der Waals surface area contributed by atoms with Crippen LogP contribution < -0.4 is 4.72 Å². The number of carboxylic acid groups (broad SMARTS) is 1. The first-order valence-electron chi connectivity index (χ1n) is 13.9. The van der Waals surface area contributed by atoms with Gasteiger partial charge in [-0.15, -0.1) is 0 Å². The summed E-state index contributed by atoms with van der Waals surface area (Å²) >= 11 is 12.6. The lowest BCUT2D eigenvalue weighted by atomic mass is 9.67. The predicted molar refractivity (Wildman–Crippen MR) is 158 cm³/mol. The number of benzene rings is 2. The molecule has 4 rings (SSSR count). The summed E-state index contributed by atoms with van der Waals surface area (Å²) in [4.78, 5) is 28.1. The second kappa shape index (κ2) is 12.4. The third-order valence-electron chi connectivity index (χ3n) is 8.51. The summed E-state index contributed by atoms with van der Waals surface area (Å²) in [5, 5.41) is 10.8. The van der Waals surface area contributed by atoms with Gasteiger partial charge in [0.25, 0.3) is 0 Å². The number of hydrogen-bond donors (Lipinski definition) is 2. The van der Waals surface area contributed by atoms with E-state index in [0.717, 1.165) is 24.0 Å². The summed E-state index contributed by atoms with van der Waals surface area (Å²) in [7, 11) is -4.22. The molecule has 1 aliphatic heterocycles. The first kappa shape index (κ1) is 32.6. The lowest BCUT2D eigenvalue weighted by molar-refractivity contribution is -0.161. The topological polar surface area (TPSA) is 104 Å². The Balaban J connectivity index is 1.84. The van der Waals surface area contributed by atoms with Crippen LogP contribution >= 0.6 is 23.2 Å². The Morgan fingerprint density at radius 3 is 2.31 bits per heavy atom. The van der Waals surface area contributed by atoms with Crippen LogP contribution in [0.5, 0.6) is 0 Å². The van der Waals surface area contributed by atoms with Gasteiger partial charge >= 0.3 is 5.97 Å². The number of alkyl halides is 2. The standard InChI is InChI=1S/C30H36Cl2F2N2O5S/c1-29(2,15-25(33)34)42(40,41)35-17-24(18-7-8-18)36-27(19-9-11-21(31)12-10-19)23(20-5-4-6-22(32)13-20)14-30(3,28(36)39)16-26(37)38/h4-6,9-13,18,23-25,27,35H,7-8,14-17H2,1-3H3,(H,37,38)/t23-,24-,27-,30-/m1/s1. The zero-order valence-electron chi connectivity index (χ0n) is 23.7. The van der Waals surface area contributed by atoms with Crippen molar-refractivity contribution in [2.24, 2.45) is 11.3 Å². The molecule has 1 saturated carbocycles. The lowest BCUT2D eigenvalue weighted by Crippen LogP contribution is -2.59. The number of amides is 1. The van der Waals surface area contributed by atoms with Gasteiger partial charge in [-0.25, -0.2) is 21.9 Å². The molecule has 12 heteroatoms. The van der Waals surface area contributed by atoms with Crippen molar-refractivity contribution in [1.29, 1.82) is 0 Å². The number of rotatable bonds is 12. The summed E-state index contributed by atoms with van der Waals surface area (Å²) in [6.07, 6.45) is -2.39. The Morgan fingerprint density at radius 1 is 1.12 bits per heavy atom. The maximum atomic E-state index is 14.5. The number of carbonyl (C=O) groups is 2. The molecule has 1 aliphatic carbocycles. The highest BCUT2D eigenvalue weighted by Crippen LogP contribution is 2.54. The molecule has 2 aromatic rings. The predicted octanol–water partition coefficient (Wildman–Crippen LogP) is 6.66. The van der Waals surface area contributed by atoms with Gasteiger partial charge in [-0.05, 0) is 74.4 Å². The average molecular weight is 646 g/mol. The van der Waals surface area contributed by atoms with Crippen LogP contribution in [-0.2, 0) is 19.6 Å². The zero-order valence-corrected chi connectivity index (χ0v) is 26.0. The number of likely N-dealkylation sites (tertiary alicyclic amines) is 1. The number of nitrogens with one attached hydrogen (secondary N) is 1. The quantitative estimate of drug-likeness (QED) is 0.269. The van der Waals surface area contributed by atoms with E-state index in [4.69, 9.17) is 23.2 Å². The Kier molecular flexibility index (Phi) is 9.62. The summed E-state index contributed by atoms with van der Waals surface area (Å²) in [6.45, 7) is 3.93. The van der Waals surface area contributed by atoms with Crippen molar-refractivity contribution in [1.82, 2.24) is 9.62 Å². The fourth-order valence-corrected chi connectivity index (χ4v) is 7.54. The van der Waals surface area contributed by atoms with E-state index in [-0.39, 0.29) is 24.8 Å².